The molecule has 4 nitrogen and oxygen atoms in total. The molecule has 1 heterocycles. The number of rotatable bonds is 6. The minimum absolute atomic E-state index is 0.0463. The van der Waals surface area contributed by atoms with Crippen molar-refractivity contribution >= 4 is 46.2 Å². The zero-order valence-electron chi connectivity index (χ0n) is 15.4. The number of nitrogens with zero attached hydrogens (tertiary/aromatic N) is 1. The van der Waals surface area contributed by atoms with E-state index < -0.39 is 0 Å². The smallest absolute Gasteiger partial charge is 0.173 e. The summed E-state index contributed by atoms with van der Waals surface area (Å²) in [4.78, 5) is 1.87. The molecular formula is C20H21Cl2FN2O2S. The molecule has 0 aliphatic carbocycles. The van der Waals surface area contributed by atoms with Crippen LogP contribution in [0.4, 0.5) is 10.1 Å². The van der Waals surface area contributed by atoms with E-state index in [0.717, 1.165) is 25.1 Å². The van der Waals surface area contributed by atoms with Gasteiger partial charge in [0.2, 0.25) is 0 Å². The Balaban J connectivity index is 1.80. The maximum Gasteiger partial charge on any atom is 0.173 e. The molecule has 1 aliphatic rings. The molecule has 1 N–H and O–H groups in total. The molecule has 1 unspecified atom stereocenters. The molecule has 0 radical (unpaired) electrons. The molecule has 0 amide bonds. The molecule has 2 aromatic rings. The first-order valence-corrected chi connectivity index (χ1v) is 10.1. The SMILES string of the molecule is COc1cc(NC(=S)N(Cc2c(F)cccc2Cl)CC2CCCO2)ccc1Cl. The fourth-order valence-corrected chi connectivity index (χ4v) is 3.74. The summed E-state index contributed by atoms with van der Waals surface area (Å²) < 4.78 is 25.3. The van der Waals surface area contributed by atoms with Crippen LogP contribution in [0.25, 0.3) is 0 Å². The van der Waals surface area contributed by atoms with Gasteiger partial charge < -0.3 is 19.7 Å². The number of anilines is 1. The summed E-state index contributed by atoms with van der Waals surface area (Å²) in [5.74, 6) is 0.179. The molecule has 0 spiro atoms. The van der Waals surface area contributed by atoms with Crippen molar-refractivity contribution in [1.29, 1.82) is 0 Å². The zero-order chi connectivity index (χ0) is 20.1. The van der Waals surface area contributed by atoms with Crippen LogP contribution in [0.15, 0.2) is 36.4 Å². The summed E-state index contributed by atoms with van der Waals surface area (Å²) in [6.45, 7) is 1.51. The van der Waals surface area contributed by atoms with Gasteiger partial charge in [-0.3, -0.25) is 0 Å². The predicted octanol–water partition coefficient (Wildman–Crippen LogP) is 5.52. The Morgan fingerprint density at radius 1 is 1.32 bits per heavy atom. The molecule has 1 aliphatic heterocycles. The van der Waals surface area contributed by atoms with Gasteiger partial charge in [-0.15, -0.1) is 0 Å². The maximum absolute atomic E-state index is 14.3. The molecule has 8 heteroatoms. The van der Waals surface area contributed by atoms with E-state index in [4.69, 9.17) is 44.9 Å². The second-order valence-electron chi connectivity index (χ2n) is 6.50. The Kier molecular flexibility index (Phi) is 7.35. The van der Waals surface area contributed by atoms with E-state index in [-0.39, 0.29) is 18.5 Å². The highest BCUT2D eigenvalue weighted by molar-refractivity contribution is 7.80. The third-order valence-electron chi connectivity index (χ3n) is 4.55. The van der Waals surface area contributed by atoms with Crippen molar-refractivity contribution in [1.82, 2.24) is 4.90 Å². The van der Waals surface area contributed by atoms with Gasteiger partial charge in [-0.2, -0.15) is 0 Å². The molecule has 2 aromatic carbocycles. The van der Waals surface area contributed by atoms with Crippen LogP contribution >= 0.6 is 35.4 Å². The van der Waals surface area contributed by atoms with E-state index in [9.17, 15) is 4.39 Å². The lowest BCUT2D eigenvalue weighted by atomic mass is 10.1. The largest absolute Gasteiger partial charge is 0.495 e. The first-order valence-electron chi connectivity index (χ1n) is 8.92. The van der Waals surface area contributed by atoms with Gasteiger partial charge in [-0.1, -0.05) is 29.3 Å². The summed E-state index contributed by atoms with van der Waals surface area (Å²) in [5, 5.41) is 4.49. The van der Waals surface area contributed by atoms with E-state index in [1.54, 1.807) is 37.4 Å². The Bertz CT molecular complexity index is 827. The highest BCUT2D eigenvalue weighted by Crippen LogP contribution is 2.28. The predicted molar refractivity (Wildman–Crippen MR) is 115 cm³/mol. The van der Waals surface area contributed by atoms with Crippen LogP contribution in [0.3, 0.4) is 0 Å². The molecule has 1 saturated heterocycles. The van der Waals surface area contributed by atoms with Crippen molar-refractivity contribution < 1.29 is 13.9 Å². The van der Waals surface area contributed by atoms with Gasteiger partial charge in [0, 0.05) is 42.0 Å². The molecule has 28 heavy (non-hydrogen) atoms. The lowest BCUT2D eigenvalue weighted by molar-refractivity contribution is 0.0903. The summed E-state index contributed by atoms with van der Waals surface area (Å²) in [5.41, 5.74) is 1.13. The Morgan fingerprint density at radius 3 is 2.82 bits per heavy atom. The quantitative estimate of drug-likeness (QED) is 0.595. The number of hydrogen-bond acceptors (Lipinski definition) is 3. The van der Waals surface area contributed by atoms with Crippen molar-refractivity contribution in [3.63, 3.8) is 0 Å². The van der Waals surface area contributed by atoms with E-state index >= 15 is 0 Å². The van der Waals surface area contributed by atoms with Crippen LogP contribution in [-0.4, -0.2) is 36.4 Å². The van der Waals surface area contributed by atoms with Gasteiger partial charge in [0.05, 0.1) is 18.2 Å². The minimum atomic E-state index is -0.360. The first kappa shape index (κ1) is 21.1. The number of hydrogen-bond donors (Lipinski definition) is 1. The number of benzene rings is 2. The van der Waals surface area contributed by atoms with E-state index in [0.29, 0.717) is 33.0 Å². The molecule has 1 fully saturated rings. The van der Waals surface area contributed by atoms with Gasteiger partial charge in [0.15, 0.2) is 5.11 Å². The van der Waals surface area contributed by atoms with Crippen LogP contribution in [0, 0.1) is 5.82 Å². The average molecular weight is 443 g/mol. The maximum atomic E-state index is 14.3. The molecule has 0 saturated carbocycles. The third-order valence-corrected chi connectivity index (χ3v) is 5.57. The summed E-state index contributed by atoms with van der Waals surface area (Å²) >= 11 is 17.9. The monoisotopic (exact) mass is 442 g/mol. The lowest BCUT2D eigenvalue weighted by Crippen LogP contribution is -2.39. The number of nitrogens with one attached hydrogen (secondary N) is 1. The van der Waals surface area contributed by atoms with Crippen molar-refractivity contribution in [2.24, 2.45) is 0 Å². The first-order chi connectivity index (χ1) is 13.5. The number of methoxy groups -OCH3 is 1. The van der Waals surface area contributed by atoms with Gasteiger partial charge in [-0.05, 0) is 49.3 Å². The summed E-state index contributed by atoms with van der Waals surface area (Å²) in [6, 6.07) is 9.94. The van der Waals surface area contributed by atoms with Crippen molar-refractivity contribution in [2.45, 2.75) is 25.5 Å². The van der Waals surface area contributed by atoms with Crippen LogP contribution in [0.2, 0.25) is 10.0 Å². The molecule has 3 rings (SSSR count). The minimum Gasteiger partial charge on any atom is -0.495 e. The van der Waals surface area contributed by atoms with Crippen molar-refractivity contribution in [3.8, 4) is 5.75 Å². The molecule has 0 bridgehead atoms. The van der Waals surface area contributed by atoms with Crippen LogP contribution in [0.1, 0.15) is 18.4 Å². The van der Waals surface area contributed by atoms with Gasteiger partial charge in [0.25, 0.3) is 0 Å². The van der Waals surface area contributed by atoms with E-state index in [2.05, 4.69) is 5.32 Å². The summed E-state index contributed by atoms with van der Waals surface area (Å²) in [6.07, 6.45) is 2.00. The highest BCUT2D eigenvalue weighted by Gasteiger charge is 2.23. The van der Waals surface area contributed by atoms with Gasteiger partial charge in [0.1, 0.15) is 11.6 Å². The number of halogens is 3. The van der Waals surface area contributed by atoms with E-state index in [1.807, 2.05) is 4.90 Å². The van der Waals surface area contributed by atoms with Gasteiger partial charge in [-0.25, -0.2) is 4.39 Å². The topological polar surface area (TPSA) is 33.7 Å². The van der Waals surface area contributed by atoms with Crippen molar-refractivity contribution in [2.75, 3.05) is 25.6 Å². The summed E-state index contributed by atoms with van der Waals surface area (Å²) in [7, 11) is 1.55. The van der Waals surface area contributed by atoms with Gasteiger partial charge >= 0.3 is 0 Å². The average Bonchev–Trinajstić information content (AvgIpc) is 3.18. The zero-order valence-corrected chi connectivity index (χ0v) is 17.7. The second-order valence-corrected chi connectivity index (χ2v) is 7.70. The normalized spacial score (nSPS) is 16.1. The second kappa shape index (κ2) is 9.74. The standard InChI is InChI=1S/C20H21Cl2FN2O2S/c1-26-19-10-13(7-8-17(19)22)24-20(28)25(11-14-4-3-9-27-14)12-15-16(21)5-2-6-18(15)23/h2,5-8,10,14H,3-4,9,11-12H2,1H3,(H,24,28). The Labute approximate surface area is 179 Å². The Hall–Kier alpha value is -1.60. The van der Waals surface area contributed by atoms with E-state index in [1.165, 1.54) is 6.07 Å². The lowest BCUT2D eigenvalue weighted by Gasteiger charge is -2.29. The molecule has 0 aromatic heterocycles. The van der Waals surface area contributed by atoms with Crippen molar-refractivity contribution in [3.05, 3.63) is 57.8 Å². The Morgan fingerprint density at radius 2 is 2.14 bits per heavy atom. The van der Waals surface area contributed by atoms with Crippen LogP contribution in [0.5, 0.6) is 5.75 Å². The number of ether oxygens (including phenoxy) is 2. The molecule has 1 atom stereocenters. The number of thiocarbonyl (C=S) groups is 1. The van der Waals surface area contributed by atoms with Crippen LogP contribution in [-0.2, 0) is 11.3 Å². The fraction of sp³-hybridized carbons (Fsp3) is 0.350. The molecule has 150 valence electrons. The van der Waals surface area contributed by atoms with Crippen LogP contribution < -0.4 is 10.1 Å². The highest BCUT2D eigenvalue weighted by atomic mass is 35.5. The third kappa shape index (κ3) is 5.26. The molecular weight excluding hydrogens is 422 g/mol. The fourth-order valence-electron chi connectivity index (χ4n) is 3.07.